The molecule has 3 rings (SSSR count). The Morgan fingerprint density at radius 1 is 1.03 bits per heavy atom. The van der Waals surface area contributed by atoms with E-state index in [-0.39, 0.29) is 11.4 Å². The zero-order valence-corrected chi connectivity index (χ0v) is 18.1. The maximum atomic E-state index is 12.8. The zero-order chi connectivity index (χ0) is 21.7. The number of likely N-dealkylation sites (N-methyl/N-ethyl adjacent to an activating group) is 1. The highest BCUT2D eigenvalue weighted by Gasteiger charge is 2.23. The fourth-order valence-corrected chi connectivity index (χ4v) is 4.14. The van der Waals surface area contributed by atoms with Gasteiger partial charge in [0.1, 0.15) is 0 Å². The summed E-state index contributed by atoms with van der Waals surface area (Å²) < 4.78 is 26.6. The van der Waals surface area contributed by atoms with Crippen molar-refractivity contribution < 1.29 is 13.2 Å². The van der Waals surface area contributed by atoms with E-state index in [1.165, 1.54) is 18.8 Å². The second-order valence-corrected chi connectivity index (χ2v) is 9.43. The van der Waals surface area contributed by atoms with Crippen molar-refractivity contribution in [3.05, 3.63) is 77.9 Å². The highest BCUT2D eigenvalue weighted by molar-refractivity contribution is 7.89. The lowest BCUT2D eigenvalue weighted by Crippen LogP contribution is -2.36. The van der Waals surface area contributed by atoms with Crippen LogP contribution >= 0.6 is 0 Å². The Hall–Kier alpha value is -3.03. The molecule has 30 heavy (non-hydrogen) atoms. The minimum absolute atomic E-state index is 0.144. The maximum Gasteiger partial charge on any atom is 0.255 e. The number of nitrogens with zero attached hydrogens (tertiary/aromatic N) is 2. The standard InChI is InChI=1S/C23H25N3O3S/c1-17(2)19-10-8-18(9-11-19)15-24-25-23(27)16-26(3)30(28,29)22-13-12-20-6-4-5-7-21(20)14-22/h4-15,17H,16H2,1-3H3,(H,25,27). The van der Waals surface area contributed by atoms with Gasteiger partial charge in [-0.05, 0) is 39.9 Å². The van der Waals surface area contributed by atoms with Gasteiger partial charge in [0, 0.05) is 7.05 Å². The smallest absolute Gasteiger partial charge is 0.255 e. The molecule has 0 heterocycles. The van der Waals surface area contributed by atoms with Crippen LogP contribution in [-0.2, 0) is 14.8 Å². The number of rotatable bonds is 7. The molecule has 0 saturated carbocycles. The van der Waals surface area contributed by atoms with Gasteiger partial charge in [0.15, 0.2) is 0 Å². The molecule has 3 aromatic carbocycles. The number of amides is 1. The summed E-state index contributed by atoms with van der Waals surface area (Å²) in [5.74, 6) is -0.0762. The Balaban J connectivity index is 1.62. The average Bonchev–Trinajstić information content (AvgIpc) is 2.73. The van der Waals surface area contributed by atoms with Gasteiger partial charge >= 0.3 is 0 Å². The van der Waals surface area contributed by atoms with E-state index >= 15 is 0 Å². The van der Waals surface area contributed by atoms with E-state index in [1.807, 2.05) is 48.5 Å². The zero-order valence-electron chi connectivity index (χ0n) is 17.2. The van der Waals surface area contributed by atoms with Gasteiger partial charge in [-0.3, -0.25) is 4.79 Å². The van der Waals surface area contributed by atoms with Crippen molar-refractivity contribution in [1.29, 1.82) is 0 Å². The van der Waals surface area contributed by atoms with Gasteiger partial charge < -0.3 is 0 Å². The third-order valence-corrected chi connectivity index (χ3v) is 6.60. The lowest BCUT2D eigenvalue weighted by atomic mass is 10.0. The van der Waals surface area contributed by atoms with Crippen molar-refractivity contribution in [2.75, 3.05) is 13.6 Å². The predicted molar refractivity (Wildman–Crippen MR) is 120 cm³/mol. The van der Waals surface area contributed by atoms with E-state index in [0.29, 0.717) is 5.92 Å². The van der Waals surface area contributed by atoms with Gasteiger partial charge in [-0.25, -0.2) is 13.8 Å². The Bertz CT molecular complexity index is 1170. The third-order valence-electron chi connectivity index (χ3n) is 4.80. The Labute approximate surface area is 177 Å². The molecular formula is C23H25N3O3S. The molecule has 6 nitrogen and oxygen atoms in total. The van der Waals surface area contributed by atoms with Crippen LogP contribution in [0, 0.1) is 0 Å². The second kappa shape index (κ2) is 9.19. The van der Waals surface area contributed by atoms with E-state index < -0.39 is 15.9 Å². The first kappa shape index (κ1) is 21.7. The van der Waals surface area contributed by atoms with Crippen molar-refractivity contribution in [2.45, 2.75) is 24.7 Å². The normalized spacial score (nSPS) is 12.2. The molecule has 0 aliphatic heterocycles. The van der Waals surface area contributed by atoms with Gasteiger partial charge in [0.25, 0.3) is 5.91 Å². The molecule has 0 saturated heterocycles. The molecule has 1 amide bonds. The molecule has 0 fully saturated rings. The van der Waals surface area contributed by atoms with Crippen LogP contribution in [0.3, 0.4) is 0 Å². The van der Waals surface area contributed by atoms with E-state index in [4.69, 9.17) is 0 Å². The first-order chi connectivity index (χ1) is 14.3. The van der Waals surface area contributed by atoms with E-state index in [9.17, 15) is 13.2 Å². The summed E-state index contributed by atoms with van der Waals surface area (Å²) >= 11 is 0. The Morgan fingerprint density at radius 2 is 1.70 bits per heavy atom. The first-order valence-corrected chi connectivity index (χ1v) is 11.1. The molecule has 0 aromatic heterocycles. The Morgan fingerprint density at radius 3 is 2.37 bits per heavy atom. The van der Waals surface area contributed by atoms with E-state index in [2.05, 4.69) is 24.4 Å². The molecule has 0 unspecified atom stereocenters. The molecule has 0 bridgehead atoms. The van der Waals surface area contributed by atoms with Crippen LogP contribution in [0.1, 0.15) is 30.9 Å². The van der Waals surface area contributed by atoms with Gasteiger partial charge in [-0.1, -0.05) is 68.4 Å². The predicted octanol–water partition coefficient (Wildman–Crippen LogP) is 3.73. The molecule has 156 valence electrons. The summed E-state index contributed by atoms with van der Waals surface area (Å²) in [5.41, 5.74) is 4.44. The van der Waals surface area contributed by atoms with Crippen LogP contribution in [0.4, 0.5) is 0 Å². The van der Waals surface area contributed by atoms with Crippen LogP contribution in [0.5, 0.6) is 0 Å². The summed E-state index contributed by atoms with van der Waals surface area (Å²) in [7, 11) is -2.42. The molecule has 0 radical (unpaired) electrons. The largest absolute Gasteiger partial charge is 0.272 e. The number of carbonyl (C=O) groups is 1. The van der Waals surface area contributed by atoms with E-state index in [1.54, 1.807) is 18.2 Å². The molecule has 1 N–H and O–H groups in total. The highest BCUT2D eigenvalue weighted by atomic mass is 32.2. The Kier molecular flexibility index (Phi) is 6.64. The van der Waals surface area contributed by atoms with Gasteiger partial charge in [0.05, 0.1) is 17.7 Å². The minimum Gasteiger partial charge on any atom is -0.272 e. The van der Waals surface area contributed by atoms with Crippen LogP contribution in [0.15, 0.2) is 76.7 Å². The number of hydrogen-bond acceptors (Lipinski definition) is 4. The number of carbonyl (C=O) groups excluding carboxylic acids is 1. The van der Waals surface area contributed by atoms with Crippen molar-refractivity contribution in [2.24, 2.45) is 5.10 Å². The molecule has 0 aliphatic rings. The molecular weight excluding hydrogens is 398 g/mol. The number of hydrazone groups is 1. The van der Waals surface area contributed by atoms with Gasteiger partial charge in [0.2, 0.25) is 10.0 Å². The number of sulfonamides is 1. The SMILES string of the molecule is CC(C)c1ccc(C=NNC(=O)CN(C)S(=O)(=O)c2ccc3ccccc3c2)cc1. The quantitative estimate of drug-likeness (QED) is 0.464. The fraction of sp³-hybridized carbons (Fsp3) is 0.217. The average molecular weight is 424 g/mol. The number of benzene rings is 3. The van der Waals surface area contributed by atoms with Gasteiger partial charge in [-0.15, -0.1) is 0 Å². The number of nitrogens with one attached hydrogen (secondary N) is 1. The summed E-state index contributed by atoms with van der Waals surface area (Å²) in [5, 5.41) is 5.69. The monoisotopic (exact) mass is 423 g/mol. The molecule has 0 spiro atoms. The minimum atomic E-state index is -3.80. The van der Waals surface area contributed by atoms with Crippen molar-refractivity contribution >= 4 is 32.9 Å². The summed E-state index contributed by atoms with van der Waals surface area (Å²) in [6.07, 6.45) is 1.53. The van der Waals surface area contributed by atoms with Crippen LogP contribution in [0.2, 0.25) is 0 Å². The van der Waals surface area contributed by atoms with E-state index in [0.717, 1.165) is 20.6 Å². The topological polar surface area (TPSA) is 78.8 Å². The summed E-state index contributed by atoms with van der Waals surface area (Å²) in [6, 6.07) is 20.3. The maximum absolute atomic E-state index is 12.8. The van der Waals surface area contributed by atoms with Crippen molar-refractivity contribution in [3.8, 4) is 0 Å². The highest BCUT2D eigenvalue weighted by Crippen LogP contribution is 2.21. The molecule has 3 aromatic rings. The van der Waals surface area contributed by atoms with Crippen LogP contribution < -0.4 is 5.43 Å². The molecule has 0 atom stereocenters. The fourth-order valence-electron chi connectivity index (χ4n) is 2.98. The lowest BCUT2D eigenvalue weighted by Gasteiger charge is -2.16. The summed E-state index contributed by atoms with van der Waals surface area (Å²) in [6.45, 7) is 3.90. The van der Waals surface area contributed by atoms with Gasteiger partial charge in [-0.2, -0.15) is 9.41 Å². The molecule has 7 heteroatoms. The number of fused-ring (bicyclic) bond motifs is 1. The van der Waals surface area contributed by atoms with Crippen LogP contribution in [0.25, 0.3) is 10.8 Å². The third kappa shape index (κ3) is 5.11. The van der Waals surface area contributed by atoms with Crippen LogP contribution in [-0.4, -0.2) is 38.4 Å². The van der Waals surface area contributed by atoms with Crippen molar-refractivity contribution in [1.82, 2.24) is 9.73 Å². The first-order valence-electron chi connectivity index (χ1n) is 9.64. The molecule has 0 aliphatic carbocycles. The summed E-state index contributed by atoms with van der Waals surface area (Å²) in [4.78, 5) is 12.3. The second-order valence-electron chi connectivity index (χ2n) is 7.38. The number of hydrogen-bond donors (Lipinski definition) is 1. The van der Waals surface area contributed by atoms with Crippen molar-refractivity contribution in [3.63, 3.8) is 0 Å². The lowest BCUT2D eigenvalue weighted by molar-refractivity contribution is -0.121.